The minimum absolute atomic E-state index is 0.277. The Morgan fingerprint density at radius 1 is 1.62 bits per heavy atom. The monoisotopic (exact) mass is 220 g/mol. The number of oxime groups is 1. The quantitative estimate of drug-likeness (QED) is 0.723. The number of rotatable bonds is 3. The van der Waals surface area contributed by atoms with Crippen LogP contribution < -0.4 is 0 Å². The number of ether oxygens (including phenoxy) is 1. The van der Waals surface area contributed by atoms with Crippen LogP contribution in [-0.4, -0.2) is 23.3 Å². The maximum atomic E-state index is 11.4. The molecule has 5 nitrogen and oxygen atoms in total. The maximum Gasteiger partial charge on any atom is 0.356 e. The Morgan fingerprint density at radius 2 is 2.50 bits per heavy atom. The van der Waals surface area contributed by atoms with Crippen LogP contribution in [0.15, 0.2) is 29.6 Å². The minimum Gasteiger partial charge on any atom is -0.461 e. The van der Waals surface area contributed by atoms with E-state index in [2.05, 4.69) is 10.1 Å². The summed E-state index contributed by atoms with van der Waals surface area (Å²) in [5, 5.41) is 3.71. The Kier molecular flexibility index (Phi) is 3.14. The Hall–Kier alpha value is -1.91. The van der Waals surface area contributed by atoms with Gasteiger partial charge >= 0.3 is 5.97 Å². The molecule has 0 fully saturated rings. The van der Waals surface area contributed by atoms with E-state index in [9.17, 15) is 4.79 Å². The van der Waals surface area contributed by atoms with Gasteiger partial charge < -0.3 is 9.57 Å². The zero-order valence-corrected chi connectivity index (χ0v) is 8.92. The molecule has 1 aliphatic rings. The summed E-state index contributed by atoms with van der Waals surface area (Å²) in [5.74, 6) is -0.416. The third-order valence-corrected chi connectivity index (χ3v) is 2.20. The largest absolute Gasteiger partial charge is 0.461 e. The first-order chi connectivity index (χ1) is 7.81. The molecule has 1 aromatic rings. The molecule has 1 atom stereocenters. The number of aromatic nitrogens is 1. The third kappa shape index (κ3) is 2.18. The average Bonchev–Trinajstić information content (AvgIpc) is 2.80. The van der Waals surface area contributed by atoms with Gasteiger partial charge in [-0.05, 0) is 19.1 Å². The van der Waals surface area contributed by atoms with E-state index < -0.39 is 5.97 Å². The van der Waals surface area contributed by atoms with Crippen LogP contribution >= 0.6 is 0 Å². The van der Waals surface area contributed by atoms with Crippen LogP contribution in [-0.2, 0) is 14.4 Å². The summed E-state index contributed by atoms with van der Waals surface area (Å²) in [6.07, 6.45) is 1.82. The zero-order chi connectivity index (χ0) is 11.4. The van der Waals surface area contributed by atoms with Gasteiger partial charge in [-0.15, -0.1) is 0 Å². The van der Waals surface area contributed by atoms with Crippen molar-refractivity contribution >= 4 is 11.7 Å². The van der Waals surface area contributed by atoms with Crippen molar-refractivity contribution in [3.05, 3.63) is 30.1 Å². The van der Waals surface area contributed by atoms with Gasteiger partial charge in [0.25, 0.3) is 0 Å². The summed E-state index contributed by atoms with van der Waals surface area (Å²) < 4.78 is 4.84. The number of pyridine rings is 1. The lowest BCUT2D eigenvalue weighted by Crippen LogP contribution is -2.16. The first-order valence-electron chi connectivity index (χ1n) is 5.12. The predicted octanol–water partition coefficient (Wildman–Crippen LogP) is 1.46. The molecule has 0 saturated carbocycles. The minimum atomic E-state index is -0.416. The fourth-order valence-corrected chi connectivity index (χ4v) is 1.44. The lowest BCUT2D eigenvalue weighted by atomic mass is 10.1. The highest BCUT2D eigenvalue weighted by Gasteiger charge is 2.28. The van der Waals surface area contributed by atoms with Gasteiger partial charge in [-0.25, -0.2) is 4.79 Å². The fourth-order valence-electron chi connectivity index (χ4n) is 1.44. The molecule has 0 saturated heterocycles. The van der Waals surface area contributed by atoms with Gasteiger partial charge in [0, 0.05) is 12.6 Å². The summed E-state index contributed by atoms with van der Waals surface area (Å²) >= 11 is 0. The van der Waals surface area contributed by atoms with Gasteiger partial charge in [0.05, 0.1) is 12.3 Å². The molecule has 0 aliphatic carbocycles. The molecule has 0 spiro atoms. The zero-order valence-electron chi connectivity index (χ0n) is 8.92. The second-order valence-corrected chi connectivity index (χ2v) is 3.31. The van der Waals surface area contributed by atoms with Gasteiger partial charge in [0.1, 0.15) is 0 Å². The topological polar surface area (TPSA) is 60.8 Å². The average molecular weight is 220 g/mol. The van der Waals surface area contributed by atoms with Crippen LogP contribution in [0.25, 0.3) is 0 Å². The van der Waals surface area contributed by atoms with Gasteiger partial charge in [-0.1, -0.05) is 11.2 Å². The van der Waals surface area contributed by atoms with Crippen molar-refractivity contribution < 1.29 is 14.4 Å². The molecule has 0 bridgehead atoms. The second kappa shape index (κ2) is 4.74. The number of nitrogens with zero attached hydrogens (tertiary/aromatic N) is 2. The number of carbonyl (C=O) groups is 1. The first kappa shape index (κ1) is 10.6. The van der Waals surface area contributed by atoms with Crippen LogP contribution in [0.5, 0.6) is 0 Å². The summed E-state index contributed by atoms with van der Waals surface area (Å²) in [7, 11) is 0. The van der Waals surface area contributed by atoms with Crippen LogP contribution in [0, 0.1) is 0 Å². The number of hydrogen-bond acceptors (Lipinski definition) is 5. The fraction of sp³-hybridized carbons (Fsp3) is 0.364. The Balaban J connectivity index is 1.99. The van der Waals surface area contributed by atoms with Crippen molar-refractivity contribution in [2.75, 3.05) is 6.61 Å². The molecule has 0 radical (unpaired) electrons. The standard InChI is InChI=1S/C11H12N2O3/c1-2-15-11(14)9-7-10(16-13-9)8-5-3-4-6-12-8/h3-6,10H,2,7H2,1H3. The molecule has 0 amide bonds. The van der Waals surface area contributed by atoms with Crippen molar-refractivity contribution in [1.82, 2.24) is 4.98 Å². The summed E-state index contributed by atoms with van der Waals surface area (Å²) in [5.41, 5.74) is 1.09. The summed E-state index contributed by atoms with van der Waals surface area (Å²) in [4.78, 5) is 20.7. The van der Waals surface area contributed by atoms with E-state index in [1.807, 2.05) is 18.2 Å². The first-order valence-corrected chi connectivity index (χ1v) is 5.12. The molecule has 1 aliphatic heterocycles. The molecule has 16 heavy (non-hydrogen) atoms. The van der Waals surface area contributed by atoms with E-state index in [1.54, 1.807) is 13.1 Å². The van der Waals surface area contributed by atoms with Crippen molar-refractivity contribution in [2.24, 2.45) is 5.16 Å². The van der Waals surface area contributed by atoms with Gasteiger partial charge in [0.15, 0.2) is 11.8 Å². The third-order valence-electron chi connectivity index (χ3n) is 2.20. The highest BCUT2D eigenvalue weighted by molar-refractivity contribution is 6.36. The van der Waals surface area contributed by atoms with E-state index in [1.165, 1.54) is 0 Å². The van der Waals surface area contributed by atoms with Crippen molar-refractivity contribution in [3.8, 4) is 0 Å². The summed E-state index contributed by atoms with van der Waals surface area (Å²) in [6, 6.07) is 5.54. The van der Waals surface area contributed by atoms with Crippen LogP contribution in [0.3, 0.4) is 0 Å². The molecule has 5 heteroatoms. The van der Waals surface area contributed by atoms with Crippen LogP contribution in [0.4, 0.5) is 0 Å². The molecule has 2 rings (SSSR count). The van der Waals surface area contributed by atoms with E-state index in [-0.39, 0.29) is 6.10 Å². The van der Waals surface area contributed by atoms with E-state index >= 15 is 0 Å². The number of esters is 1. The van der Waals surface area contributed by atoms with Crippen LogP contribution in [0.2, 0.25) is 0 Å². The maximum absolute atomic E-state index is 11.4. The molecular weight excluding hydrogens is 208 g/mol. The highest BCUT2D eigenvalue weighted by Crippen LogP contribution is 2.25. The Bertz CT molecular complexity index is 403. The number of hydrogen-bond donors (Lipinski definition) is 0. The molecule has 2 heterocycles. The molecule has 1 unspecified atom stereocenters. The molecule has 0 N–H and O–H groups in total. The Morgan fingerprint density at radius 3 is 3.19 bits per heavy atom. The lowest BCUT2D eigenvalue weighted by molar-refractivity contribution is -0.135. The normalized spacial score (nSPS) is 18.8. The molecule has 0 aromatic carbocycles. The molecule has 1 aromatic heterocycles. The van der Waals surface area contributed by atoms with E-state index in [4.69, 9.17) is 9.57 Å². The number of carbonyl (C=O) groups excluding carboxylic acids is 1. The highest BCUT2D eigenvalue weighted by atomic mass is 16.6. The van der Waals surface area contributed by atoms with Crippen molar-refractivity contribution in [1.29, 1.82) is 0 Å². The molecular formula is C11H12N2O3. The molecule has 84 valence electrons. The van der Waals surface area contributed by atoms with Gasteiger partial charge in [0.2, 0.25) is 0 Å². The van der Waals surface area contributed by atoms with Crippen LogP contribution in [0.1, 0.15) is 25.1 Å². The van der Waals surface area contributed by atoms with E-state index in [0.29, 0.717) is 18.7 Å². The lowest BCUT2D eigenvalue weighted by Gasteiger charge is -2.05. The van der Waals surface area contributed by atoms with E-state index in [0.717, 1.165) is 5.69 Å². The van der Waals surface area contributed by atoms with Crippen molar-refractivity contribution in [2.45, 2.75) is 19.4 Å². The summed E-state index contributed by atoms with van der Waals surface area (Å²) in [6.45, 7) is 2.09. The van der Waals surface area contributed by atoms with Crippen molar-refractivity contribution in [3.63, 3.8) is 0 Å². The SMILES string of the molecule is CCOC(=O)C1=NOC(c2ccccn2)C1. The second-order valence-electron chi connectivity index (χ2n) is 3.31. The Labute approximate surface area is 93.1 Å². The smallest absolute Gasteiger partial charge is 0.356 e. The predicted molar refractivity (Wildman–Crippen MR) is 56.7 cm³/mol. The van der Waals surface area contributed by atoms with Gasteiger partial charge in [-0.2, -0.15) is 0 Å². The van der Waals surface area contributed by atoms with Gasteiger partial charge in [-0.3, -0.25) is 4.98 Å².